The SMILES string of the molecule is COc1cccc(NCc2ccc([Si](C)(C)C)cc2)c1. The summed E-state index contributed by atoms with van der Waals surface area (Å²) in [5, 5.41) is 4.93. The first-order valence-corrected chi connectivity index (χ1v) is 10.5. The third-order valence-electron chi connectivity index (χ3n) is 3.39. The summed E-state index contributed by atoms with van der Waals surface area (Å²) >= 11 is 0. The average molecular weight is 285 g/mol. The van der Waals surface area contributed by atoms with Gasteiger partial charge in [-0.05, 0) is 17.7 Å². The highest BCUT2D eigenvalue weighted by Crippen LogP contribution is 2.17. The third kappa shape index (κ3) is 3.87. The molecular weight excluding hydrogens is 262 g/mol. The molecule has 0 aliphatic heterocycles. The number of methoxy groups -OCH3 is 1. The fourth-order valence-electron chi connectivity index (χ4n) is 2.06. The number of rotatable bonds is 5. The van der Waals surface area contributed by atoms with Gasteiger partial charge in [0.25, 0.3) is 0 Å². The molecule has 0 fully saturated rings. The Morgan fingerprint density at radius 1 is 1.00 bits per heavy atom. The van der Waals surface area contributed by atoms with Gasteiger partial charge in [-0.15, -0.1) is 0 Å². The molecule has 0 unspecified atom stereocenters. The van der Waals surface area contributed by atoms with Crippen LogP contribution in [0.3, 0.4) is 0 Å². The lowest BCUT2D eigenvalue weighted by molar-refractivity contribution is 0.415. The predicted molar refractivity (Wildman–Crippen MR) is 89.7 cm³/mol. The van der Waals surface area contributed by atoms with E-state index in [4.69, 9.17) is 4.74 Å². The molecule has 0 radical (unpaired) electrons. The van der Waals surface area contributed by atoms with E-state index in [0.717, 1.165) is 18.0 Å². The molecule has 3 heteroatoms. The topological polar surface area (TPSA) is 21.3 Å². The summed E-state index contributed by atoms with van der Waals surface area (Å²) in [4.78, 5) is 0. The van der Waals surface area contributed by atoms with Gasteiger partial charge in [0.1, 0.15) is 5.75 Å². The van der Waals surface area contributed by atoms with E-state index < -0.39 is 8.07 Å². The first-order valence-electron chi connectivity index (χ1n) is 6.96. The summed E-state index contributed by atoms with van der Waals surface area (Å²) in [5.74, 6) is 0.879. The van der Waals surface area contributed by atoms with Gasteiger partial charge >= 0.3 is 0 Å². The van der Waals surface area contributed by atoms with E-state index >= 15 is 0 Å². The molecule has 0 aromatic heterocycles. The van der Waals surface area contributed by atoms with Crippen molar-refractivity contribution in [2.24, 2.45) is 0 Å². The van der Waals surface area contributed by atoms with Crippen LogP contribution in [0.4, 0.5) is 5.69 Å². The van der Waals surface area contributed by atoms with Crippen molar-refractivity contribution in [3.63, 3.8) is 0 Å². The third-order valence-corrected chi connectivity index (χ3v) is 5.45. The molecule has 0 aliphatic rings. The zero-order valence-electron chi connectivity index (χ0n) is 12.7. The van der Waals surface area contributed by atoms with Crippen LogP contribution in [-0.4, -0.2) is 15.2 Å². The normalized spacial score (nSPS) is 11.2. The van der Waals surface area contributed by atoms with Crippen molar-refractivity contribution in [2.75, 3.05) is 12.4 Å². The Bertz CT molecular complexity index is 558. The van der Waals surface area contributed by atoms with E-state index in [-0.39, 0.29) is 0 Å². The van der Waals surface area contributed by atoms with Gasteiger partial charge in [0, 0.05) is 18.3 Å². The molecule has 2 aromatic rings. The number of nitrogens with one attached hydrogen (secondary N) is 1. The Labute approximate surface area is 122 Å². The summed E-state index contributed by atoms with van der Waals surface area (Å²) in [6, 6.07) is 17.0. The quantitative estimate of drug-likeness (QED) is 0.843. The monoisotopic (exact) mass is 285 g/mol. The van der Waals surface area contributed by atoms with Crippen molar-refractivity contribution in [3.05, 3.63) is 54.1 Å². The van der Waals surface area contributed by atoms with Gasteiger partial charge in [-0.3, -0.25) is 0 Å². The van der Waals surface area contributed by atoms with Gasteiger partial charge in [-0.1, -0.05) is 55.2 Å². The van der Waals surface area contributed by atoms with Gasteiger partial charge in [0.05, 0.1) is 15.2 Å². The van der Waals surface area contributed by atoms with E-state index in [2.05, 4.69) is 55.3 Å². The van der Waals surface area contributed by atoms with E-state index in [9.17, 15) is 0 Å². The van der Waals surface area contributed by atoms with Crippen molar-refractivity contribution in [1.82, 2.24) is 0 Å². The highest BCUT2D eigenvalue weighted by Gasteiger charge is 2.15. The minimum atomic E-state index is -1.19. The second-order valence-corrected chi connectivity index (χ2v) is 11.1. The van der Waals surface area contributed by atoms with Crippen LogP contribution in [0.25, 0.3) is 0 Å². The molecular formula is C17H23NOSi. The van der Waals surface area contributed by atoms with E-state index in [1.54, 1.807) is 7.11 Å². The van der Waals surface area contributed by atoms with Crippen LogP contribution >= 0.6 is 0 Å². The minimum Gasteiger partial charge on any atom is -0.497 e. The maximum absolute atomic E-state index is 5.22. The van der Waals surface area contributed by atoms with E-state index in [0.29, 0.717) is 0 Å². The number of benzene rings is 2. The Hall–Kier alpha value is -1.74. The predicted octanol–water partition coefficient (Wildman–Crippen LogP) is 3.85. The fourth-order valence-corrected chi connectivity index (χ4v) is 3.23. The van der Waals surface area contributed by atoms with Crippen LogP contribution in [0, 0.1) is 0 Å². The molecule has 1 N–H and O–H groups in total. The molecule has 0 aliphatic carbocycles. The summed E-state index contributed by atoms with van der Waals surface area (Å²) < 4.78 is 5.22. The molecule has 0 bridgehead atoms. The zero-order chi connectivity index (χ0) is 14.6. The number of ether oxygens (including phenoxy) is 1. The van der Waals surface area contributed by atoms with Crippen LogP contribution in [0.5, 0.6) is 5.75 Å². The molecule has 0 saturated carbocycles. The van der Waals surface area contributed by atoms with Gasteiger partial charge in [-0.2, -0.15) is 0 Å². The lowest BCUT2D eigenvalue weighted by Gasteiger charge is -2.17. The van der Waals surface area contributed by atoms with Gasteiger partial charge in [0.15, 0.2) is 0 Å². The summed E-state index contributed by atoms with van der Waals surface area (Å²) in [5.41, 5.74) is 2.38. The van der Waals surface area contributed by atoms with Gasteiger partial charge in [0.2, 0.25) is 0 Å². The lowest BCUT2D eigenvalue weighted by atomic mass is 10.2. The second kappa shape index (κ2) is 6.14. The van der Waals surface area contributed by atoms with Crippen LogP contribution in [0.15, 0.2) is 48.5 Å². The van der Waals surface area contributed by atoms with Crippen LogP contribution in [0.1, 0.15) is 5.56 Å². The molecule has 0 heterocycles. The standard InChI is InChI=1S/C17H23NOSi/c1-19-16-7-5-6-15(12-16)18-13-14-8-10-17(11-9-14)20(2,3)4/h5-12,18H,13H2,1-4H3. The first-order chi connectivity index (χ1) is 9.49. The summed E-state index contributed by atoms with van der Waals surface area (Å²) in [7, 11) is 0.496. The molecule has 2 aromatic carbocycles. The smallest absolute Gasteiger partial charge is 0.120 e. The molecule has 0 amide bonds. The molecule has 2 nitrogen and oxygen atoms in total. The highest BCUT2D eigenvalue weighted by molar-refractivity contribution is 6.88. The largest absolute Gasteiger partial charge is 0.497 e. The molecule has 0 spiro atoms. The molecule has 2 rings (SSSR count). The first kappa shape index (κ1) is 14.7. The maximum Gasteiger partial charge on any atom is 0.120 e. The van der Waals surface area contributed by atoms with Crippen molar-refractivity contribution in [1.29, 1.82) is 0 Å². The van der Waals surface area contributed by atoms with Crippen molar-refractivity contribution in [2.45, 2.75) is 26.2 Å². The minimum absolute atomic E-state index is 0.832. The molecule has 20 heavy (non-hydrogen) atoms. The maximum atomic E-state index is 5.22. The summed E-state index contributed by atoms with van der Waals surface area (Å²) in [6.07, 6.45) is 0. The highest BCUT2D eigenvalue weighted by atomic mass is 28.3. The van der Waals surface area contributed by atoms with E-state index in [1.807, 2.05) is 18.2 Å². The number of hydrogen-bond donors (Lipinski definition) is 1. The second-order valence-electron chi connectivity index (χ2n) is 6.03. The zero-order valence-corrected chi connectivity index (χ0v) is 13.7. The fraction of sp³-hybridized carbons (Fsp3) is 0.294. The Balaban J connectivity index is 2.00. The van der Waals surface area contributed by atoms with E-state index in [1.165, 1.54) is 10.8 Å². The van der Waals surface area contributed by atoms with Crippen molar-refractivity contribution >= 4 is 18.9 Å². The molecule has 0 saturated heterocycles. The van der Waals surface area contributed by atoms with Crippen LogP contribution in [-0.2, 0) is 6.54 Å². The van der Waals surface area contributed by atoms with Crippen molar-refractivity contribution < 1.29 is 4.74 Å². The van der Waals surface area contributed by atoms with Gasteiger partial charge in [-0.25, -0.2) is 0 Å². The molecule has 0 atom stereocenters. The Morgan fingerprint density at radius 3 is 2.30 bits per heavy atom. The van der Waals surface area contributed by atoms with Crippen LogP contribution < -0.4 is 15.2 Å². The number of anilines is 1. The van der Waals surface area contributed by atoms with Crippen molar-refractivity contribution in [3.8, 4) is 5.75 Å². The van der Waals surface area contributed by atoms with Gasteiger partial charge < -0.3 is 10.1 Å². The number of hydrogen-bond acceptors (Lipinski definition) is 2. The lowest BCUT2D eigenvalue weighted by Crippen LogP contribution is -2.37. The molecule has 106 valence electrons. The average Bonchev–Trinajstić information content (AvgIpc) is 2.45. The Morgan fingerprint density at radius 2 is 1.70 bits per heavy atom. The summed E-state index contributed by atoms with van der Waals surface area (Å²) in [6.45, 7) is 7.95. The Kier molecular flexibility index (Phi) is 4.50. The van der Waals surface area contributed by atoms with Crippen LogP contribution in [0.2, 0.25) is 19.6 Å².